The van der Waals surface area contributed by atoms with Crippen LogP contribution < -0.4 is 10.6 Å². The van der Waals surface area contributed by atoms with Gasteiger partial charge in [0.1, 0.15) is 12.4 Å². The number of ether oxygens (including phenoxy) is 1. The molecule has 0 atom stereocenters. The summed E-state index contributed by atoms with van der Waals surface area (Å²) in [5.74, 6) is -0.972. The second-order valence-electron chi connectivity index (χ2n) is 6.84. The maximum absolute atomic E-state index is 12.3. The number of aryl methyl sites for hydroxylation is 4. The molecule has 11 heteroatoms. The van der Waals surface area contributed by atoms with Crippen molar-refractivity contribution < 1.29 is 19.1 Å². The standard InChI is InChI=1S/C20H22N6O4S/c1-11-7-12(2)23-20(22-11)26-16(8-13(3)25-26)24-17(27)10-30-18(28)9-21-19(29)15-6-5-14(4)31-15/h5-8H,9-10H2,1-4H3,(H,21,29)(H,24,27). The van der Waals surface area contributed by atoms with Crippen LogP contribution in [0.1, 0.15) is 31.6 Å². The van der Waals surface area contributed by atoms with Gasteiger partial charge in [-0.1, -0.05) is 0 Å². The van der Waals surface area contributed by atoms with E-state index in [4.69, 9.17) is 4.74 Å². The summed E-state index contributed by atoms with van der Waals surface area (Å²) in [4.78, 5) is 46.2. The van der Waals surface area contributed by atoms with E-state index in [1.165, 1.54) is 16.0 Å². The molecule has 2 N–H and O–H groups in total. The van der Waals surface area contributed by atoms with Gasteiger partial charge in [0.05, 0.1) is 10.6 Å². The Labute approximate surface area is 182 Å². The molecule has 0 aliphatic carbocycles. The number of nitrogens with zero attached hydrogens (tertiary/aromatic N) is 4. The lowest BCUT2D eigenvalue weighted by Gasteiger charge is -2.09. The maximum atomic E-state index is 12.3. The first kappa shape index (κ1) is 22.1. The Bertz CT molecular complexity index is 1120. The number of amides is 2. The number of rotatable bonds is 7. The number of hydrogen-bond donors (Lipinski definition) is 2. The molecule has 0 bridgehead atoms. The number of aromatic nitrogens is 4. The van der Waals surface area contributed by atoms with Gasteiger partial charge in [-0.2, -0.15) is 9.78 Å². The molecule has 0 aromatic carbocycles. The summed E-state index contributed by atoms with van der Waals surface area (Å²) in [7, 11) is 0. The number of nitrogens with one attached hydrogen (secondary N) is 2. The molecule has 0 radical (unpaired) electrons. The van der Waals surface area contributed by atoms with Gasteiger partial charge in [0.25, 0.3) is 17.8 Å². The Morgan fingerprint density at radius 1 is 1.03 bits per heavy atom. The normalized spacial score (nSPS) is 10.6. The molecule has 3 aromatic heterocycles. The largest absolute Gasteiger partial charge is 0.454 e. The van der Waals surface area contributed by atoms with Crippen LogP contribution in [0.4, 0.5) is 5.82 Å². The van der Waals surface area contributed by atoms with Crippen molar-refractivity contribution in [3.05, 3.63) is 51.1 Å². The average molecular weight is 443 g/mol. The van der Waals surface area contributed by atoms with Crippen LogP contribution in [-0.2, 0) is 14.3 Å². The van der Waals surface area contributed by atoms with Crippen molar-refractivity contribution in [1.82, 2.24) is 25.1 Å². The van der Waals surface area contributed by atoms with E-state index >= 15 is 0 Å². The van der Waals surface area contributed by atoms with E-state index in [9.17, 15) is 14.4 Å². The lowest BCUT2D eigenvalue weighted by molar-refractivity contribution is -0.146. The van der Waals surface area contributed by atoms with Crippen LogP contribution in [0.25, 0.3) is 5.95 Å². The number of thiophene rings is 1. The molecule has 0 saturated heterocycles. The van der Waals surface area contributed by atoms with Crippen LogP contribution in [0.2, 0.25) is 0 Å². The SMILES string of the molecule is Cc1cc(C)nc(-n2nc(C)cc2NC(=O)COC(=O)CNC(=O)c2ccc(C)s2)n1. The van der Waals surface area contributed by atoms with E-state index < -0.39 is 18.5 Å². The van der Waals surface area contributed by atoms with Crippen molar-refractivity contribution in [3.63, 3.8) is 0 Å². The summed E-state index contributed by atoms with van der Waals surface area (Å²) in [6.07, 6.45) is 0. The van der Waals surface area contributed by atoms with Crippen LogP contribution in [-0.4, -0.2) is 50.7 Å². The zero-order chi connectivity index (χ0) is 22.5. The average Bonchev–Trinajstić information content (AvgIpc) is 3.29. The summed E-state index contributed by atoms with van der Waals surface area (Å²) < 4.78 is 6.35. The molecular weight excluding hydrogens is 420 g/mol. The summed E-state index contributed by atoms with van der Waals surface area (Å²) in [6, 6.07) is 6.98. The van der Waals surface area contributed by atoms with E-state index in [2.05, 4.69) is 25.7 Å². The Morgan fingerprint density at radius 3 is 2.39 bits per heavy atom. The van der Waals surface area contributed by atoms with Crippen molar-refractivity contribution in [3.8, 4) is 5.95 Å². The molecule has 0 aliphatic rings. The smallest absolute Gasteiger partial charge is 0.325 e. The van der Waals surface area contributed by atoms with Gasteiger partial charge >= 0.3 is 5.97 Å². The highest BCUT2D eigenvalue weighted by Crippen LogP contribution is 2.16. The van der Waals surface area contributed by atoms with Crippen molar-refractivity contribution >= 4 is 34.9 Å². The highest BCUT2D eigenvalue weighted by Gasteiger charge is 2.16. The van der Waals surface area contributed by atoms with E-state index in [1.807, 2.05) is 32.9 Å². The third-order valence-electron chi connectivity index (χ3n) is 3.98. The van der Waals surface area contributed by atoms with Gasteiger partial charge in [-0.15, -0.1) is 11.3 Å². The van der Waals surface area contributed by atoms with Crippen LogP contribution in [0.3, 0.4) is 0 Å². The molecule has 3 rings (SSSR count). The first-order valence-electron chi connectivity index (χ1n) is 9.40. The monoisotopic (exact) mass is 442 g/mol. The fourth-order valence-corrected chi connectivity index (χ4v) is 3.50. The Kier molecular flexibility index (Phi) is 6.75. The quantitative estimate of drug-likeness (QED) is 0.535. The molecule has 0 spiro atoms. The van der Waals surface area contributed by atoms with E-state index in [0.29, 0.717) is 22.3 Å². The Morgan fingerprint density at radius 2 is 1.74 bits per heavy atom. The third-order valence-corrected chi connectivity index (χ3v) is 4.98. The van der Waals surface area contributed by atoms with E-state index in [1.54, 1.807) is 19.1 Å². The molecule has 0 fully saturated rings. The summed E-state index contributed by atoms with van der Waals surface area (Å²) in [5, 5.41) is 9.41. The molecular formula is C20H22N6O4S. The number of carbonyl (C=O) groups is 3. The lowest BCUT2D eigenvalue weighted by Crippen LogP contribution is -2.32. The van der Waals surface area contributed by atoms with Gasteiger partial charge in [0, 0.05) is 22.3 Å². The zero-order valence-corrected chi connectivity index (χ0v) is 18.4. The van der Waals surface area contributed by atoms with Crippen LogP contribution >= 0.6 is 11.3 Å². The minimum Gasteiger partial charge on any atom is -0.454 e. The van der Waals surface area contributed by atoms with Gasteiger partial charge in [-0.25, -0.2) is 9.97 Å². The second-order valence-corrected chi connectivity index (χ2v) is 8.12. The summed E-state index contributed by atoms with van der Waals surface area (Å²) in [6.45, 7) is 6.48. The van der Waals surface area contributed by atoms with Gasteiger partial charge in [0.2, 0.25) is 0 Å². The minimum absolute atomic E-state index is 0.324. The number of hydrogen-bond acceptors (Lipinski definition) is 8. The van der Waals surface area contributed by atoms with Crippen molar-refractivity contribution in [2.45, 2.75) is 27.7 Å². The van der Waals surface area contributed by atoms with Crippen LogP contribution in [0.5, 0.6) is 0 Å². The molecule has 162 valence electrons. The molecule has 0 unspecified atom stereocenters. The Hall–Kier alpha value is -3.60. The van der Waals surface area contributed by atoms with Crippen molar-refractivity contribution in [2.75, 3.05) is 18.5 Å². The van der Waals surface area contributed by atoms with Crippen molar-refractivity contribution in [2.24, 2.45) is 0 Å². The van der Waals surface area contributed by atoms with E-state index in [-0.39, 0.29) is 12.5 Å². The molecule has 0 saturated carbocycles. The van der Waals surface area contributed by atoms with Crippen LogP contribution in [0.15, 0.2) is 24.3 Å². The van der Waals surface area contributed by atoms with Gasteiger partial charge in [-0.3, -0.25) is 14.4 Å². The van der Waals surface area contributed by atoms with Gasteiger partial charge in [0.15, 0.2) is 6.61 Å². The second kappa shape index (κ2) is 9.47. The predicted octanol–water partition coefficient (Wildman–Crippen LogP) is 1.87. The topological polar surface area (TPSA) is 128 Å². The van der Waals surface area contributed by atoms with Crippen LogP contribution in [0, 0.1) is 27.7 Å². The fourth-order valence-electron chi connectivity index (χ4n) is 2.72. The minimum atomic E-state index is -0.723. The summed E-state index contributed by atoms with van der Waals surface area (Å²) in [5.41, 5.74) is 2.19. The van der Waals surface area contributed by atoms with Gasteiger partial charge in [-0.05, 0) is 45.9 Å². The Balaban J connectivity index is 1.54. The zero-order valence-electron chi connectivity index (χ0n) is 17.6. The third kappa shape index (κ3) is 5.95. The molecule has 3 aromatic rings. The highest BCUT2D eigenvalue weighted by molar-refractivity contribution is 7.13. The molecule has 31 heavy (non-hydrogen) atoms. The molecule has 10 nitrogen and oxygen atoms in total. The predicted molar refractivity (Wildman–Crippen MR) is 114 cm³/mol. The maximum Gasteiger partial charge on any atom is 0.325 e. The fraction of sp³-hybridized carbons (Fsp3) is 0.300. The molecule has 3 heterocycles. The number of anilines is 1. The summed E-state index contributed by atoms with van der Waals surface area (Å²) >= 11 is 1.32. The first-order valence-corrected chi connectivity index (χ1v) is 10.2. The number of carbonyl (C=O) groups excluding carboxylic acids is 3. The first-order chi connectivity index (χ1) is 14.7. The number of esters is 1. The highest BCUT2D eigenvalue weighted by atomic mass is 32.1. The molecule has 0 aliphatic heterocycles. The lowest BCUT2D eigenvalue weighted by atomic mass is 10.4. The van der Waals surface area contributed by atoms with E-state index in [0.717, 1.165) is 16.3 Å². The van der Waals surface area contributed by atoms with Crippen molar-refractivity contribution in [1.29, 1.82) is 0 Å². The van der Waals surface area contributed by atoms with Gasteiger partial charge < -0.3 is 15.4 Å². The molecule has 2 amide bonds.